The number of imidazole rings is 1. The number of ether oxygens (including phenoxy) is 1. The number of alkyl halides is 1. The summed E-state index contributed by atoms with van der Waals surface area (Å²) in [6, 6.07) is 16.6. The molecule has 0 saturated heterocycles. The number of aryl methyl sites for hydroxylation is 1. The lowest BCUT2D eigenvalue weighted by Gasteiger charge is -2.16. The van der Waals surface area contributed by atoms with Crippen molar-refractivity contribution in [3.05, 3.63) is 112 Å². The molecule has 1 aliphatic rings. The van der Waals surface area contributed by atoms with Crippen LogP contribution in [0.3, 0.4) is 0 Å². The van der Waals surface area contributed by atoms with Crippen molar-refractivity contribution in [2.75, 3.05) is 6.67 Å². The van der Waals surface area contributed by atoms with Crippen molar-refractivity contribution in [1.82, 2.24) is 14.5 Å². The van der Waals surface area contributed by atoms with E-state index in [1.54, 1.807) is 54.0 Å². The summed E-state index contributed by atoms with van der Waals surface area (Å²) in [4.78, 5) is 20.4. The molecule has 2 aromatic heterocycles. The number of halogens is 4. The first-order valence-corrected chi connectivity index (χ1v) is 13.8. The van der Waals surface area contributed by atoms with Crippen LogP contribution in [0.4, 0.5) is 17.6 Å². The topological polar surface area (TPSA) is 77.2 Å². The minimum absolute atomic E-state index is 0.0155. The highest BCUT2D eigenvalue weighted by Gasteiger charge is 2.44. The highest BCUT2D eigenvalue weighted by molar-refractivity contribution is 5.92. The number of carboxylic acids is 1. The second-order valence-corrected chi connectivity index (χ2v) is 11.1. The van der Waals surface area contributed by atoms with E-state index >= 15 is 4.39 Å². The van der Waals surface area contributed by atoms with Crippen LogP contribution < -0.4 is 4.74 Å². The quantitative estimate of drug-likeness (QED) is 0.171. The zero-order chi connectivity index (χ0) is 30.3. The number of nitrogens with zero attached hydrogens (tertiary/aromatic N) is 3. The Kier molecular flexibility index (Phi) is 7.37. The Balaban J connectivity index is 1.27. The molecule has 0 bridgehead atoms. The predicted molar refractivity (Wildman–Crippen MR) is 152 cm³/mol. The van der Waals surface area contributed by atoms with Gasteiger partial charge in [0.05, 0.1) is 23.4 Å². The molecule has 6 rings (SSSR count). The molecule has 1 saturated carbocycles. The van der Waals surface area contributed by atoms with Crippen LogP contribution in [0.15, 0.2) is 66.7 Å². The molecule has 0 atom stereocenters. The molecule has 3 aromatic carbocycles. The SMILES string of the molecule is Cc1ccc(COc2cccc(-c3ccc(Cc4nc5c(F)cc(C(=O)O)cc5n4CC4(CF)CC4)cc3F)n2)c(F)c1. The van der Waals surface area contributed by atoms with Gasteiger partial charge >= 0.3 is 5.97 Å². The average Bonchev–Trinajstić information content (AvgIpc) is 3.68. The summed E-state index contributed by atoms with van der Waals surface area (Å²) in [5.41, 5.74) is 1.65. The number of fused-ring (bicyclic) bond motifs is 1. The lowest BCUT2D eigenvalue weighted by atomic mass is 10.0. The van der Waals surface area contributed by atoms with Crippen LogP contribution in [0.1, 0.15) is 45.7 Å². The van der Waals surface area contributed by atoms with Gasteiger partial charge in [0.1, 0.15) is 29.6 Å². The Morgan fingerprint density at radius 1 is 0.977 bits per heavy atom. The average molecular weight is 590 g/mol. The van der Waals surface area contributed by atoms with E-state index in [0.717, 1.165) is 11.6 Å². The molecule has 1 N–H and O–H groups in total. The van der Waals surface area contributed by atoms with Gasteiger partial charge in [-0.2, -0.15) is 0 Å². The third-order valence-electron chi connectivity index (χ3n) is 7.85. The molecule has 0 amide bonds. The zero-order valence-electron chi connectivity index (χ0n) is 23.2. The zero-order valence-corrected chi connectivity index (χ0v) is 23.2. The Bertz CT molecular complexity index is 1870. The fourth-order valence-corrected chi connectivity index (χ4v) is 5.14. The molecule has 6 nitrogen and oxygen atoms in total. The number of carboxylic acid groups (broad SMARTS) is 1. The highest BCUT2D eigenvalue weighted by atomic mass is 19.1. The summed E-state index contributed by atoms with van der Waals surface area (Å²) >= 11 is 0. The fraction of sp³-hybridized carbons (Fsp3) is 0.242. The Morgan fingerprint density at radius 3 is 2.49 bits per heavy atom. The molecule has 220 valence electrons. The second kappa shape index (κ2) is 11.2. The summed E-state index contributed by atoms with van der Waals surface area (Å²) in [7, 11) is 0. The molecule has 0 unspecified atom stereocenters. The van der Waals surface area contributed by atoms with Gasteiger partial charge in [0.25, 0.3) is 0 Å². The third-order valence-corrected chi connectivity index (χ3v) is 7.85. The first kappa shape index (κ1) is 28.4. The van der Waals surface area contributed by atoms with Gasteiger partial charge in [0, 0.05) is 35.6 Å². The van der Waals surface area contributed by atoms with Crippen LogP contribution in [0, 0.1) is 29.8 Å². The fourth-order valence-electron chi connectivity index (χ4n) is 5.14. The van der Waals surface area contributed by atoms with Crippen molar-refractivity contribution < 1.29 is 32.2 Å². The summed E-state index contributed by atoms with van der Waals surface area (Å²) in [6.07, 6.45) is 1.42. The van der Waals surface area contributed by atoms with E-state index in [0.29, 0.717) is 35.5 Å². The molecular weight excluding hydrogens is 562 g/mol. The van der Waals surface area contributed by atoms with Gasteiger partial charge in [0.15, 0.2) is 5.82 Å². The summed E-state index contributed by atoms with van der Waals surface area (Å²) in [5.74, 6) is -2.44. The molecule has 1 aliphatic carbocycles. The van der Waals surface area contributed by atoms with E-state index in [1.807, 2.05) is 0 Å². The van der Waals surface area contributed by atoms with Gasteiger partial charge in [0.2, 0.25) is 5.88 Å². The standard InChI is InChI=1S/C33H27F4N3O3/c1-19-5-7-21(24(35)11-19)16-43-30-4-2-3-27(38-30)23-8-6-20(12-25(23)36)13-29-39-31-26(37)14-22(32(41)42)15-28(31)40(29)18-33(17-34)9-10-33/h2-8,11-12,14-15H,9-10,13,16-18H2,1H3,(H,41,42). The molecule has 10 heteroatoms. The number of hydrogen-bond acceptors (Lipinski definition) is 4. The maximum atomic E-state index is 15.4. The van der Waals surface area contributed by atoms with Gasteiger partial charge in [-0.1, -0.05) is 24.3 Å². The second-order valence-electron chi connectivity index (χ2n) is 11.1. The normalized spacial score (nSPS) is 13.8. The first-order valence-electron chi connectivity index (χ1n) is 13.8. The molecule has 5 aromatic rings. The van der Waals surface area contributed by atoms with Crippen LogP contribution >= 0.6 is 0 Å². The smallest absolute Gasteiger partial charge is 0.335 e. The summed E-state index contributed by atoms with van der Waals surface area (Å²) in [5, 5.41) is 9.44. The van der Waals surface area contributed by atoms with Crippen LogP contribution in [0.25, 0.3) is 22.3 Å². The summed E-state index contributed by atoms with van der Waals surface area (Å²) < 4.78 is 65.7. The lowest BCUT2D eigenvalue weighted by molar-refractivity contribution is 0.0696. The maximum Gasteiger partial charge on any atom is 0.335 e. The van der Waals surface area contributed by atoms with E-state index < -0.39 is 29.7 Å². The number of benzene rings is 3. The van der Waals surface area contributed by atoms with Crippen LogP contribution in [-0.4, -0.2) is 32.3 Å². The summed E-state index contributed by atoms with van der Waals surface area (Å²) in [6.45, 7) is 1.40. The highest BCUT2D eigenvalue weighted by Crippen LogP contribution is 2.48. The van der Waals surface area contributed by atoms with Crippen molar-refractivity contribution in [3.8, 4) is 17.1 Å². The molecular formula is C33H27F4N3O3. The van der Waals surface area contributed by atoms with E-state index in [9.17, 15) is 23.1 Å². The first-order chi connectivity index (χ1) is 20.6. The molecule has 1 fully saturated rings. The Morgan fingerprint density at radius 2 is 1.79 bits per heavy atom. The van der Waals surface area contributed by atoms with Gasteiger partial charge in [-0.3, -0.25) is 4.39 Å². The van der Waals surface area contributed by atoms with Gasteiger partial charge in [-0.15, -0.1) is 0 Å². The Hall–Kier alpha value is -4.73. The minimum Gasteiger partial charge on any atom is -0.478 e. The van der Waals surface area contributed by atoms with E-state index in [-0.39, 0.29) is 53.4 Å². The van der Waals surface area contributed by atoms with Gasteiger partial charge in [-0.25, -0.2) is 27.9 Å². The van der Waals surface area contributed by atoms with E-state index in [2.05, 4.69) is 9.97 Å². The number of aromatic nitrogens is 3. The van der Waals surface area contributed by atoms with Crippen LogP contribution in [0.5, 0.6) is 5.88 Å². The number of pyridine rings is 1. The monoisotopic (exact) mass is 589 g/mol. The Labute approximate surface area is 244 Å². The minimum atomic E-state index is -1.29. The molecule has 0 radical (unpaired) electrons. The molecule has 2 heterocycles. The van der Waals surface area contributed by atoms with E-state index in [1.165, 1.54) is 18.2 Å². The van der Waals surface area contributed by atoms with Gasteiger partial charge < -0.3 is 14.4 Å². The maximum absolute atomic E-state index is 15.4. The number of aromatic carboxylic acids is 1. The van der Waals surface area contributed by atoms with Crippen molar-refractivity contribution >= 4 is 17.0 Å². The van der Waals surface area contributed by atoms with Crippen molar-refractivity contribution in [2.24, 2.45) is 5.41 Å². The molecule has 43 heavy (non-hydrogen) atoms. The molecule has 0 aliphatic heterocycles. The van der Waals surface area contributed by atoms with Crippen molar-refractivity contribution in [2.45, 2.75) is 39.3 Å². The number of carbonyl (C=O) groups is 1. The van der Waals surface area contributed by atoms with Crippen LogP contribution in [-0.2, 0) is 19.6 Å². The molecule has 0 spiro atoms. The number of hydrogen-bond donors (Lipinski definition) is 1. The van der Waals surface area contributed by atoms with Crippen molar-refractivity contribution in [3.63, 3.8) is 0 Å². The third kappa shape index (κ3) is 5.82. The lowest BCUT2D eigenvalue weighted by Crippen LogP contribution is -2.16. The largest absolute Gasteiger partial charge is 0.478 e. The van der Waals surface area contributed by atoms with Crippen LogP contribution in [0.2, 0.25) is 0 Å². The van der Waals surface area contributed by atoms with Gasteiger partial charge in [-0.05, 0) is 67.3 Å². The number of rotatable bonds is 10. The van der Waals surface area contributed by atoms with Crippen molar-refractivity contribution in [1.29, 1.82) is 0 Å². The van der Waals surface area contributed by atoms with E-state index in [4.69, 9.17) is 4.74 Å². The predicted octanol–water partition coefficient (Wildman–Crippen LogP) is 7.44.